The zero-order valence-electron chi connectivity index (χ0n) is 13.3. The summed E-state index contributed by atoms with van der Waals surface area (Å²) >= 11 is 6.38. The molecule has 0 fully saturated rings. The molecule has 5 nitrogen and oxygen atoms in total. The molecule has 1 heterocycles. The maximum Gasteiger partial charge on any atom is 0.416 e. The molecule has 26 heavy (non-hydrogen) atoms. The number of nitrogens with two attached hydrogens (primary N) is 1. The number of hydrogen-bond donors (Lipinski definition) is 2. The van der Waals surface area contributed by atoms with Gasteiger partial charge in [0.15, 0.2) is 4.75 Å². The normalized spacial score (nSPS) is 13.7. The van der Waals surface area contributed by atoms with Gasteiger partial charge in [0.2, 0.25) is 5.91 Å². The Morgan fingerprint density at radius 1 is 1.19 bits per heavy atom. The quantitative estimate of drug-likeness (QED) is 0.817. The molecule has 138 valence electrons. The molecule has 1 aromatic carbocycles. The third-order valence-electron chi connectivity index (χ3n) is 3.48. The van der Waals surface area contributed by atoms with Crippen molar-refractivity contribution in [2.75, 3.05) is 7.05 Å². The molecule has 0 aliphatic carbocycles. The Morgan fingerprint density at radius 3 is 2.42 bits per heavy atom. The van der Waals surface area contributed by atoms with Gasteiger partial charge in [-0.25, -0.2) is 0 Å². The number of carbonyl (C=O) groups is 2. The lowest BCUT2D eigenvalue weighted by molar-refractivity contribution is -0.137. The van der Waals surface area contributed by atoms with Crippen molar-refractivity contribution in [3.05, 3.63) is 64.4 Å². The van der Waals surface area contributed by atoms with Crippen LogP contribution in [0.15, 0.2) is 42.6 Å². The molecule has 2 aromatic rings. The Kier molecular flexibility index (Phi) is 5.82. The molecule has 0 aliphatic heterocycles. The fourth-order valence-corrected chi connectivity index (χ4v) is 3.41. The minimum atomic E-state index is -4.66. The summed E-state index contributed by atoms with van der Waals surface area (Å²) in [5.41, 5.74) is 4.34. The van der Waals surface area contributed by atoms with E-state index in [1.807, 2.05) is 0 Å². The summed E-state index contributed by atoms with van der Waals surface area (Å²) in [6.07, 6.45) is -3.75. The van der Waals surface area contributed by atoms with Crippen molar-refractivity contribution in [3.8, 4) is 0 Å². The van der Waals surface area contributed by atoms with Crippen LogP contribution in [0.3, 0.4) is 0 Å². The minimum Gasteiger partial charge on any atom is -0.368 e. The summed E-state index contributed by atoms with van der Waals surface area (Å²) in [6.45, 7) is 0. The average molecular weight is 404 g/mol. The van der Waals surface area contributed by atoms with Crippen molar-refractivity contribution < 1.29 is 22.8 Å². The van der Waals surface area contributed by atoms with Crippen LogP contribution in [0.1, 0.15) is 16.8 Å². The first kappa shape index (κ1) is 20.1. The zero-order valence-corrected chi connectivity index (χ0v) is 14.9. The molecule has 0 aliphatic rings. The summed E-state index contributed by atoms with van der Waals surface area (Å²) < 4.78 is 37.3. The summed E-state index contributed by atoms with van der Waals surface area (Å²) in [6, 6.07) is 7.26. The lowest BCUT2D eigenvalue weighted by atomic mass is 9.92. The summed E-state index contributed by atoms with van der Waals surface area (Å²) in [4.78, 5) is 28.3. The number of aromatic nitrogens is 1. The van der Waals surface area contributed by atoms with Crippen LogP contribution < -0.4 is 11.1 Å². The molecule has 2 rings (SSSR count). The largest absolute Gasteiger partial charge is 0.416 e. The van der Waals surface area contributed by atoms with E-state index < -0.39 is 27.6 Å². The topological polar surface area (TPSA) is 85.1 Å². The molecule has 0 saturated carbocycles. The van der Waals surface area contributed by atoms with Crippen molar-refractivity contribution in [1.82, 2.24) is 10.3 Å². The number of nitrogens with zero attached hydrogens (tertiary/aromatic N) is 1. The van der Waals surface area contributed by atoms with Crippen LogP contribution in [0, 0.1) is 0 Å². The number of halogens is 4. The van der Waals surface area contributed by atoms with Crippen molar-refractivity contribution in [1.29, 1.82) is 0 Å². The Bertz CT molecular complexity index is 847. The van der Waals surface area contributed by atoms with E-state index in [0.29, 0.717) is 17.8 Å². The highest BCUT2D eigenvalue weighted by Gasteiger charge is 2.46. The van der Waals surface area contributed by atoms with Crippen molar-refractivity contribution >= 4 is 34.5 Å². The summed E-state index contributed by atoms with van der Waals surface area (Å²) in [5, 5.41) is 1.85. The predicted octanol–water partition coefficient (Wildman–Crippen LogP) is 3.56. The molecule has 0 spiro atoms. The highest BCUT2D eigenvalue weighted by Crippen LogP contribution is 2.44. The number of pyridine rings is 1. The van der Waals surface area contributed by atoms with Crippen LogP contribution in [-0.2, 0) is 15.7 Å². The smallest absolute Gasteiger partial charge is 0.368 e. The maximum absolute atomic E-state index is 13.1. The Hall–Kier alpha value is -2.26. The van der Waals surface area contributed by atoms with Gasteiger partial charge in [-0.1, -0.05) is 23.7 Å². The van der Waals surface area contributed by atoms with Gasteiger partial charge < -0.3 is 11.1 Å². The Labute approximate surface area is 156 Å². The average Bonchev–Trinajstić information content (AvgIpc) is 2.58. The van der Waals surface area contributed by atoms with Gasteiger partial charge in [0.25, 0.3) is 5.24 Å². The molecule has 10 heteroatoms. The molecule has 0 radical (unpaired) electrons. The number of rotatable bonds is 4. The third kappa shape index (κ3) is 3.94. The van der Waals surface area contributed by atoms with E-state index in [0.717, 1.165) is 12.3 Å². The summed E-state index contributed by atoms with van der Waals surface area (Å²) in [5.74, 6) is -1.06. The predicted molar refractivity (Wildman–Crippen MR) is 92.7 cm³/mol. The van der Waals surface area contributed by atoms with E-state index in [-0.39, 0.29) is 16.3 Å². The van der Waals surface area contributed by atoms with Crippen LogP contribution in [0.5, 0.6) is 0 Å². The first-order chi connectivity index (χ1) is 12.1. The highest BCUT2D eigenvalue weighted by atomic mass is 35.5. The second-order valence-electron chi connectivity index (χ2n) is 5.12. The van der Waals surface area contributed by atoms with Gasteiger partial charge in [0.1, 0.15) is 0 Å². The molecular weight excluding hydrogens is 391 g/mol. The Morgan fingerprint density at radius 2 is 1.88 bits per heavy atom. The van der Waals surface area contributed by atoms with Gasteiger partial charge in [0.05, 0.1) is 11.3 Å². The van der Waals surface area contributed by atoms with Crippen molar-refractivity contribution in [2.45, 2.75) is 10.9 Å². The first-order valence-electron chi connectivity index (χ1n) is 7.11. The van der Waals surface area contributed by atoms with Crippen LogP contribution in [-0.4, -0.2) is 23.2 Å². The van der Waals surface area contributed by atoms with E-state index in [4.69, 9.17) is 17.3 Å². The van der Waals surface area contributed by atoms with Crippen LogP contribution >= 0.6 is 23.4 Å². The van der Waals surface area contributed by atoms with Gasteiger partial charge in [-0.3, -0.25) is 14.6 Å². The molecule has 1 unspecified atom stereocenters. The fraction of sp³-hybridized carbons (Fsp3) is 0.188. The van der Waals surface area contributed by atoms with Gasteiger partial charge >= 0.3 is 6.18 Å². The zero-order chi connectivity index (χ0) is 19.5. The van der Waals surface area contributed by atoms with Gasteiger partial charge in [-0.2, -0.15) is 13.2 Å². The van der Waals surface area contributed by atoms with Gasteiger partial charge in [-0.05, 0) is 41.6 Å². The number of alkyl halides is 3. The standard InChI is InChI=1S/C16H13ClF3N3O2S/c1-22-14(25)26-15(13(21)24,9-3-2-4-11(17)7-9)12-8-10(5-6-23-12)16(18,19)20/h2-8H,1H3,(H2,21,24)(H,22,25). The lowest BCUT2D eigenvalue weighted by Crippen LogP contribution is -2.42. The SMILES string of the molecule is CNC(=O)SC(C(N)=O)(c1cccc(Cl)c1)c1cc(C(F)(F)F)ccn1. The number of nitrogens with one attached hydrogen (secondary N) is 1. The van der Waals surface area contributed by atoms with Crippen LogP contribution in [0.25, 0.3) is 0 Å². The minimum absolute atomic E-state index is 0.137. The molecule has 3 N–H and O–H groups in total. The lowest BCUT2D eigenvalue weighted by Gasteiger charge is -2.29. The third-order valence-corrected chi connectivity index (χ3v) is 5.05. The van der Waals surface area contributed by atoms with Crippen LogP contribution in [0.4, 0.5) is 18.0 Å². The molecule has 0 saturated heterocycles. The summed E-state index contributed by atoms with van der Waals surface area (Å²) in [7, 11) is 1.32. The van der Waals surface area contributed by atoms with E-state index in [2.05, 4.69) is 10.3 Å². The van der Waals surface area contributed by atoms with Crippen LogP contribution in [0.2, 0.25) is 5.02 Å². The second-order valence-corrected chi connectivity index (χ2v) is 6.75. The number of primary amides is 1. The molecule has 1 atom stereocenters. The van der Waals surface area contributed by atoms with E-state index in [1.165, 1.54) is 31.3 Å². The van der Waals surface area contributed by atoms with E-state index in [9.17, 15) is 22.8 Å². The van der Waals surface area contributed by atoms with Gasteiger partial charge in [-0.15, -0.1) is 0 Å². The number of amides is 2. The molecule has 0 bridgehead atoms. The first-order valence-corrected chi connectivity index (χ1v) is 8.31. The Balaban J connectivity index is 2.79. The van der Waals surface area contributed by atoms with Crippen molar-refractivity contribution in [2.24, 2.45) is 5.73 Å². The fourth-order valence-electron chi connectivity index (χ4n) is 2.27. The van der Waals surface area contributed by atoms with E-state index in [1.54, 1.807) is 0 Å². The maximum atomic E-state index is 13.1. The molecule has 2 amide bonds. The highest BCUT2D eigenvalue weighted by molar-refractivity contribution is 8.15. The number of carbonyl (C=O) groups excluding carboxylic acids is 2. The van der Waals surface area contributed by atoms with Gasteiger partial charge in [0, 0.05) is 18.3 Å². The molecule has 1 aromatic heterocycles. The molecular formula is C16H13ClF3N3O2S. The number of benzene rings is 1. The van der Waals surface area contributed by atoms with Crippen molar-refractivity contribution in [3.63, 3.8) is 0 Å². The monoisotopic (exact) mass is 403 g/mol. The van der Waals surface area contributed by atoms with E-state index >= 15 is 0 Å². The second kappa shape index (κ2) is 7.55. The number of hydrogen-bond acceptors (Lipinski definition) is 4. The number of thioether (sulfide) groups is 1.